The number of hydrogen-bond donors (Lipinski definition) is 0. The minimum Gasteiger partial charge on any atom is -0.310 e. The Morgan fingerprint density at radius 2 is 0.851 bits per heavy atom. The number of rotatable bonds is 4. The van der Waals surface area contributed by atoms with Crippen LogP contribution in [0.4, 0.5) is 30.2 Å². The van der Waals surface area contributed by atoms with E-state index in [1.165, 1.54) is 63.2 Å². The summed E-state index contributed by atoms with van der Waals surface area (Å²) >= 11 is 0. The minimum absolute atomic E-state index is 0.332. The maximum absolute atomic E-state index is 14.2. The standard InChI is InChI=1S/C43H26F3N/c44-29-16-18-32(19-17-29)47(33-9-7-8-27(24-33)28-22-30(45)25-31(46)23-28)34-20-21-42-38(26-34)37-12-3-6-15-41(37)43(42)39-13-4-1-10-35(39)36-11-2-5-14-40(36)43/h1-26H. The fourth-order valence-electron chi connectivity index (χ4n) is 7.81. The molecule has 0 heterocycles. The third-order valence-electron chi connectivity index (χ3n) is 9.62. The number of nitrogens with zero attached hydrogens (tertiary/aromatic N) is 1. The van der Waals surface area contributed by atoms with E-state index in [0.717, 1.165) is 28.7 Å². The lowest BCUT2D eigenvalue weighted by Crippen LogP contribution is -2.25. The highest BCUT2D eigenvalue weighted by Crippen LogP contribution is 2.63. The van der Waals surface area contributed by atoms with E-state index >= 15 is 0 Å². The van der Waals surface area contributed by atoms with Crippen LogP contribution in [0, 0.1) is 17.5 Å². The maximum Gasteiger partial charge on any atom is 0.126 e. The SMILES string of the molecule is Fc1ccc(N(c2cccc(-c3cc(F)cc(F)c3)c2)c2ccc3c(c2)-c2ccccc2C32c3ccccc3-c3ccccc32)cc1. The van der Waals surface area contributed by atoms with E-state index in [2.05, 4.69) is 95.9 Å². The Hall–Kier alpha value is -5.87. The molecule has 9 rings (SSSR count). The van der Waals surface area contributed by atoms with Gasteiger partial charge in [-0.05, 0) is 116 Å². The zero-order valence-electron chi connectivity index (χ0n) is 25.1. The van der Waals surface area contributed by atoms with Crippen LogP contribution in [0.2, 0.25) is 0 Å². The Labute approximate surface area is 270 Å². The molecule has 2 aliphatic carbocycles. The molecular formula is C43H26F3N. The average molecular weight is 614 g/mol. The van der Waals surface area contributed by atoms with Crippen molar-refractivity contribution in [2.75, 3.05) is 4.90 Å². The Bertz CT molecular complexity index is 2290. The summed E-state index contributed by atoms with van der Waals surface area (Å²) in [6.07, 6.45) is 0. The molecule has 0 atom stereocenters. The molecule has 0 bridgehead atoms. The molecule has 0 radical (unpaired) electrons. The number of fused-ring (bicyclic) bond motifs is 10. The number of hydrogen-bond acceptors (Lipinski definition) is 1. The van der Waals surface area contributed by atoms with Gasteiger partial charge in [-0.3, -0.25) is 0 Å². The first-order valence-corrected chi connectivity index (χ1v) is 15.6. The summed E-state index contributed by atoms with van der Waals surface area (Å²) in [6.45, 7) is 0. The van der Waals surface area contributed by atoms with Crippen LogP contribution in [-0.4, -0.2) is 0 Å². The summed E-state index contributed by atoms with van der Waals surface area (Å²) in [7, 11) is 0. The van der Waals surface area contributed by atoms with E-state index in [0.29, 0.717) is 11.1 Å². The van der Waals surface area contributed by atoms with Gasteiger partial charge in [0.05, 0.1) is 5.41 Å². The maximum atomic E-state index is 14.2. The fourth-order valence-corrected chi connectivity index (χ4v) is 7.81. The molecule has 4 heteroatoms. The van der Waals surface area contributed by atoms with E-state index in [9.17, 15) is 13.2 Å². The van der Waals surface area contributed by atoms with E-state index in [4.69, 9.17) is 0 Å². The molecule has 2 aliphatic rings. The third-order valence-corrected chi connectivity index (χ3v) is 9.62. The predicted octanol–water partition coefficient (Wildman–Crippen LogP) is 11.6. The van der Waals surface area contributed by atoms with Crippen LogP contribution in [0.1, 0.15) is 22.3 Å². The second-order valence-corrected chi connectivity index (χ2v) is 12.1. The summed E-state index contributed by atoms with van der Waals surface area (Å²) in [6, 6.07) is 50.0. The first kappa shape index (κ1) is 27.4. The summed E-state index contributed by atoms with van der Waals surface area (Å²) < 4.78 is 42.6. The lowest BCUT2D eigenvalue weighted by atomic mass is 9.70. The first-order chi connectivity index (χ1) is 23.0. The van der Waals surface area contributed by atoms with Gasteiger partial charge in [0, 0.05) is 23.1 Å². The van der Waals surface area contributed by atoms with Gasteiger partial charge in [-0.25, -0.2) is 13.2 Å². The highest BCUT2D eigenvalue weighted by atomic mass is 19.1. The van der Waals surface area contributed by atoms with Crippen LogP contribution >= 0.6 is 0 Å². The topological polar surface area (TPSA) is 3.24 Å². The molecule has 0 fully saturated rings. The van der Waals surface area contributed by atoms with Crippen LogP contribution in [-0.2, 0) is 5.41 Å². The van der Waals surface area contributed by atoms with Crippen LogP contribution in [0.3, 0.4) is 0 Å². The predicted molar refractivity (Wildman–Crippen MR) is 183 cm³/mol. The van der Waals surface area contributed by atoms with Crippen molar-refractivity contribution in [1.82, 2.24) is 0 Å². The largest absolute Gasteiger partial charge is 0.310 e. The second kappa shape index (κ2) is 10.3. The number of halogens is 3. The molecule has 1 nitrogen and oxygen atoms in total. The first-order valence-electron chi connectivity index (χ1n) is 15.6. The molecule has 47 heavy (non-hydrogen) atoms. The minimum atomic E-state index is -0.637. The van der Waals surface area contributed by atoms with Crippen LogP contribution in [0.15, 0.2) is 158 Å². The Kier molecular flexibility index (Phi) is 6.03. The van der Waals surface area contributed by atoms with Gasteiger partial charge in [0.1, 0.15) is 17.5 Å². The van der Waals surface area contributed by atoms with Gasteiger partial charge >= 0.3 is 0 Å². The Balaban J connectivity index is 1.27. The average Bonchev–Trinajstić information content (AvgIpc) is 3.56. The Morgan fingerprint density at radius 3 is 1.47 bits per heavy atom. The van der Waals surface area contributed by atoms with Crippen LogP contribution < -0.4 is 4.90 Å². The van der Waals surface area contributed by atoms with E-state index in [-0.39, 0.29) is 5.82 Å². The van der Waals surface area contributed by atoms with Gasteiger partial charge in [-0.15, -0.1) is 0 Å². The molecule has 0 saturated carbocycles. The molecule has 0 N–H and O–H groups in total. The molecule has 0 aliphatic heterocycles. The summed E-state index contributed by atoms with van der Waals surface area (Å²) in [4.78, 5) is 2.06. The normalized spacial score (nSPS) is 13.2. The third kappa shape index (κ3) is 4.04. The van der Waals surface area contributed by atoms with Gasteiger partial charge < -0.3 is 4.90 Å². The molecule has 224 valence electrons. The van der Waals surface area contributed by atoms with Crippen molar-refractivity contribution in [3.63, 3.8) is 0 Å². The van der Waals surface area contributed by atoms with Crippen molar-refractivity contribution in [2.45, 2.75) is 5.41 Å². The summed E-state index contributed by atoms with van der Waals surface area (Å²) in [5.74, 6) is -1.61. The summed E-state index contributed by atoms with van der Waals surface area (Å²) in [5, 5.41) is 0. The quantitative estimate of drug-likeness (QED) is 0.191. The lowest BCUT2D eigenvalue weighted by Gasteiger charge is -2.31. The van der Waals surface area contributed by atoms with Gasteiger partial charge in [0.15, 0.2) is 0 Å². The Morgan fingerprint density at radius 1 is 0.340 bits per heavy atom. The van der Waals surface area contributed by atoms with E-state index in [1.807, 2.05) is 24.3 Å². The lowest BCUT2D eigenvalue weighted by molar-refractivity contribution is 0.584. The molecule has 0 unspecified atom stereocenters. The number of benzene rings is 7. The highest BCUT2D eigenvalue weighted by Gasteiger charge is 2.51. The second-order valence-electron chi connectivity index (χ2n) is 12.1. The van der Waals surface area contributed by atoms with Gasteiger partial charge in [-0.1, -0.05) is 91.0 Å². The molecule has 7 aromatic carbocycles. The zero-order chi connectivity index (χ0) is 31.7. The summed E-state index contributed by atoms with van der Waals surface area (Å²) in [5.41, 5.74) is 12.8. The van der Waals surface area contributed by atoms with Gasteiger partial charge in [-0.2, -0.15) is 0 Å². The molecular weight excluding hydrogens is 587 g/mol. The highest BCUT2D eigenvalue weighted by molar-refractivity contribution is 5.96. The van der Waals surface area contributed by atoms with Crippen molar-refractivity contribution >= 4 is 17.1 Å². The van der Waals surface area contributed by atoms with E-state index < -0.39 is 17.0 Å². The van der Waals surface area contributed by atoms with Gasteiger partial charge in [0.2, 0.25) is 0 Å². The van der Waals surface area contributed by atoms with Crippen molar-refractivity contribution in [1.29, 1.82) is 0 Å². The molecule has 0 amide bonds. The monoisotopic (exact) mass is 613 g/mol. The van der Waals surface area contributed by atoms with Crippen molar-refractivity contribution in [3.8, 4) is 33.4 Å². The molecule has 7 aromatic rings. The van der Waals surface area contributed by atoms with Crippen LogP contribution in [0.5, 0.6) is 0 Å². The van der Waals surface area contributed by atoms with Crippen molar-refractivity contribution in [2.24, 2.45) is 0 Å². The smallest absolute Gasteiger partial charge is 0.126 e. The fraction of sp³-hybridized carbons (Fsp3) is 0.0233. The van der Waals surface area contributed by atoms with E-state index in [1.54, 1.807) is 12.1 Å². The van der Waals surface area contributed by atoms with Crippen LogP contribution in [0.25, 0.3) is 33.4 Å². The van der Waals surface area contributed by atoms with Crippen molar-refractivity contribution in [3.05, 3.63) is 197 Å². The zero-order valence-corrected chi connectivity index (χ0v) is 25.1. The molecule has 1 spiro atoms. The molecule has 0 saturated heterocycles. The molecule has 0 aromatic heterocycles. The van der Waals surface area contributed by atoms with Gasteiger partial charge in [0.25, 0.3) is 0 Å². The number of anilines is 3. The van der Waals surface area contributed by atoms with Crippen molar-refractivity contribution < 1.29 is 13.2 Å².